The van der Waals surface area contributed by atoms with E-state index in [1.54, 1.807) is 0 Å². The summed E-state index contributed by atoms with van der Waals surface area (Å²) in [4.78, 5) is 20.2. The van der Waals surface area contributed by atoms with E-state index in [2.05, 4.69) is 15.3 Å². The fourth-order valence-corrected chi connectivity index (χ4v) is 3.78. The van der Waals surface area contributed by atoms with E-state index in [0.717, 1.165) is 29.6 Å². The maximum Gasteiger partial charge on any atom is 0.298 e. The van der Waals surface area contributed by atoms with Crippen molar-refractivity contribution < 1.29 is 19.0 Å². The molecular weight excluding hydrogens is 408 g/mol. The molecule has 0 aliphatic heterocycles. The Morgan fingerprint density at radius 3 is 2.69 bits per heavy atom. The first kappa shape index (κ1) is 22.1. The van der Waals surface area contributed by atoms with Crippen LogP contribution in [-0.2, 0) is 23.2 Å². The van der Waals surface area contributed by atoms with Gasteiger partial charge in [-0.25, -0.2) is 0 Å². The topological polar surface area (TPSA) is 87.5 Å². The molecule has 0 bridgehead atoms. The Labute approximate surface area is 187 Å². The van der Waals surface area contributed by atoms with Crippen LogP contribution in [-0.4, -0.2) is 45.8 Å². The first-order chi connectivity index (χ1) is 15.5. The van der Waals surface area contributed by atoms with Gasteiger partial charge in [0.1, 0.15) is 12.1 Å². The summed E-state index contributed by atoms with van der Waals surface area (Å²) in [6, 6.07) is 14.3. The number of carbonyl (C=O) groups is 1. The van der Waals surface area contributed by atoms with E-state index < -0.39 is 0 Å². The normalized spacial score (nSPS) is 18.7. The Morgan fingerprint density at radius 1 is 1.16 bits per heavy atom. The Bertz CT molecular complexity index is 1050. The van der Waals surface area contributed by atoms with Crippen LogP contribution in [0.15, 0.2) is 42.5 Å². The molecule has 1 amide bonds. The number of rotatable bonds is 10. The number of aryl methyl sites for hydroxylation is 1. The van der Waals surface area contributed by atoms with Crippen molar-refractivity contribution in [2.45, 2.75) is 45.4 Å². The lowest BCUT2D eigenvalue weighted by Crippen LogP contribution is -2.40. The number of benzene rings is 1. The third-order valence-corrected chi connectivity index (χ3v) is 5.55. The summed E-state index contributed by atoms with van der Waals surface area (Å²) in [7, 11) is 1.89. The minimum Gasteiger partial charge on any atom is -0.477 e. The molecule has 0 radical (unpaired) electrons. The second-order valence-corrected chi connectivity index (χ2v) is 8.43. The first-order valence-electron chi connectivity index (χ1n) is 11.0. The van der Waals surface area contributed by atoms with E-state index in [-0.39, 0.29) is 18.1 Å². The van der Waals surface area contributed by atoms with Crippen LogP contribution in [0.1, 0.15) is 32.3 Å². The second kappa shape index (κ2) is 9.99. The highest BCUT2D eigenvalue weighted by Gasteiger charge is 2.31. The van der Waals surface area contributed by atoms with Gasteiger partial charge in [0, 0.05) is 26.1 Å². The molecule has 0 spiro atoms. The Hall–Kier alpha value is -3.13. The molecule has 170 valence electrons. The fourth-order valence-electron chi connectivity index (χ4n) is 3.78. The fraction of sp³-hybridized carbons (Fsp3) is 0.458. The monoisotopic (exact) mass is 438 g/mol. The lowest BCUT2D eigenvalue weighted by atomic mass is 9.83. The number of nitrogens with one attached hydrogen (secondary N) is 1. The Morgan fingerprint density at radius 2 is 1.94 bits per heavy atom. The molecular formula is C24H30N4O4. The number of aromatic nitrogens is 3. The van der Waals surface area contributed by atoms with Crippen molar-refractivity contribution in [3.8, 4) is 11.9 Å². The van der Waals surface area contributed by atoms with Crippen molar-refractivity contribution in [3.63, 3.8) is 0 Å². The number of nitrogens with zero attached hydrogens (tertiary/aromatic N) is 3. The van der Waals surface area contributed by atoms with Gasteiger partial charge < -0.3 is 19.5 Å². The Balaban J connectivity index is 1.25. The molecule has 1 aliphatic carbocycles. The lowest BCUT2D eigenvalue weighted by Gasteiger charge is -2.35. The minimum absolute atomic E-state index is 0.0270. The molecule has 2 heterocycles. The summed E-state index contributed by atoms with van der Waals surface area (Å²) in [6.07, 6.45) is 2.15. The molecule has 1 aromatic carbocycles. The van der Waals surface area contributed by atoms with E-state index in [1.807, 2.05) is 61.0 Å². The van der Waals surface area contributed by atoms with Gasteiger partial charge in [0.15, 0.2) is 5.65 Å². The van der Waals surface area contributed by atoms with Gasteiger partial charge in [0.2, 0.25) is 11.8 Å². The summed E-state index contributed by atoms with van der Waals surface area (Å²) in [6.45, 7) is 5.05. The molecule has 32 heavy (non-hydrogen) atoms. The zero-order valence-corrected chi connectivity index (χ0v) is 18.8. The van der Waals surface area contributed by atoms with E-state index in [1.165, 1.54) is 6.92 Å². The van der Waals surface area contributed by atoms with Gasteiger partial charge in [-0.2, -0.15) is 9.97 Å². The van der Waals surface area contributed by atoms with Crippen molar-refractivity contribution in [2.24, 2.45) is 13.0 Å². The van der Waals surface area contributed by atoms with Gasteiger partial charge in [-0.3, -0.25) is 9.36 Å². The highest BCUT2D eigenvalue weighted by atomic mass is 16.5. The van der Waals surface area contributed by atoms with Crippen molar-refractivity contribution in [2.75, 3.05) is 13.2 Å². The average molecular weight is 439 g/mol. The van der Waals surface area contributed by atoms with E-state index in [4.69, 9.17) is 14.2 Å². The van der Waals surface area contributed by atoms with Crippen molar-refractivity contribution in [1.29, 1.82) is 0 Å². The van der Waals surface area contributed by atoms with Crippen LogP contribution in [0.5, 0.6) is 11.9 Å². The molecule has 1 aliphatic rings. The van der Waals surface area contributed by atoms with Gasteiger partial charge in [0.05, 0.1) is 19.3 Å². The predicted octanol–water partition coefficient (Wildman–Crippen LogP) is 3.25. The first-order valence-corrected chi connectivity index (χ1v) is 11.0. The number of fused-ring (bicyclic) bond motifs is 1. The summed E-state index contributed by atoms with van der Waals surface area (Å²) in [5.74, 6) is 0.998. The van der Waals surface area contributed by atoms with E-state index in [0.29, 0.717) is 37.6 Å². The average Bonchev–Trinajstić information content (AvgIpc) is 3.06. The molecule has 1 fully saturated rings. The van der Waals surface area contributed by atoms with Crippen LogP contribution in [0, 0.1) is 5.92 Å². The lowest BCUT2D eigenvalue weighted by molar-refractivity contribution is -0.120. The zero-order chi connectivity index (χ0) is 22.5. The van der Waals surface area contributed by atoms with Crippen LogP contribution < -0.4 is 14.8 Å². The molecule has 1 atom stereocenters. The highest BCUT2D eigenvalue weighted by Crippen LogP contribution is 2.31. The highest BCUT2D eigenvalue weighted by molar-refractivity contribution is 5.73. The number of hydrogen-bond acceptors (Lipinski definition) is 6. The molecule has 8 heteroatoms. The summed E-state index contributed by atoms with van der Waals surface area (Å²) >= 11 is 0. The predicted molar refractivity (Wildman–Crippen MR) is 121 cm³/mol. The minimum atomic E-state index is -0.0336. The third-order valence-electron chi connectivity index (χ3n) is 5.55. The number of ether oxygens (including phenoxy) is 3. The molecule has 4 rings (SSSR count). The SMILES string of the molecule is CC(=O)N[C@@H](C)COC1CC(COc2ccc3nc(OCc4ccccc4)n(C)c3n2)C1. The smallest absolute Gasteiger partial charge is 0.298 e. The van der Waals surface area contributed by atoms with Crippen LogP contribution in [0.2, 0.25) is 0 Å². The quantitative estimate of drug-likeness (QED) is 0.523. The van der Waals surface area contributed by atoms with Crippen molar-refractivity contribution in [3.05, 3.63) is 48.0 Å². The van der Waals surface area contributed by atoms with Gasteiger partial charge in [-0.15, -0.1) is 0 Å². The molecule has 1 N–H and O–H groups in total. The number of amides is 1. The van der Waals surface area contributed by atoms with Crippen molar-refractivity contribution >= 4 is 17.1 Å². The summed E-state index contributed by atoms with van der Waals surface area (Å²) in [5.41, 5.74) is 2.59. The third kappa shape index (κ3) is 5.56. The number of imidazole rings is 1. The molecule has 2 aromatic heterocycles. The van der Waals surface area contributed by atoms with Gasteiger partial charge >= 0.3 is 0 Å². The standard InChI is InChI=1S/C24H30N4O4/c1-16(25-17(2)29)13-30-20-11-19(12-20)15-31-22-10-9-21-23(27-22)28(3)24(26-21)32-14-18-7-5-4-6-8-18/h4-10,16,19-20H,11-15H2,1-3H3,(H,25,29)/t16-,19?,20?/m0/s1. The van der Waals surface area contributed by atoms with E-state index in [9.17, 15) is 4.79 Å². The van der Waals surface area contributed by atoms with Crippen LogP contribution in [0.4, 0.5) is 0 Å². The van der Waals surface area contributed by atoms with Crippen LogP contribution in [0.25, 0.3) is 11.2 Å². The van der Waals surface area contributed by atoms with Crippen molar-refractivity contribution in [1.82, 2.24) is 19.9 Å². The van der Waals surface area contributed by atoms with Gasteiger partial charge in [0.25, 0.3) is 6.01 Å². The molecule has 0 saturated heterocycles. The van der Waals surface area contributed by atoms with Crippen LogP contribution >= 0.6 is 0 Å². The van der Waals surface area contributed by atoms with Gasteiger partial charge in [-0.1, -0.05) is 30.3 Å². The van der Waals surface area contributed by atoms with E-state index >= 15 is 0 Å². The van der Waals surface area contributed by atoms with Gasteiger partial charge in [-0.05, 0) is 37.3 Å². The molecule has 3 aromatic rings. The summed E-state index contributed by atoms with van der Waals surface area (Å²) < 4.78 is 19.5. The second-order valence-electron chi connectivity index (χ2n) is 8.43. The number of hydrogen-bond donors (Lipinski definition) is 1. The molecule has 8 nitrogen and oxygen atoms in total. The molecule has 0 unspecified atom stereocenters. The zero-order valence-electron chi connectivity index (χ0n) is 18.8. The number of pyridine rings is 1. The maximum absolute atomic E-state index is 11.0. The Kier molecular flexibility index (Phi) is 6.90. The van der Waals surface area contributed by atoms with Crippen LogP contribution in [0.3, 0.4) is 0 Å². The maximum atomic E-state index is 11.0. The molecule has 1 saturated carbocycles. The summed E-state index contributed by atoms with van der Waals surface area (Å²) in [5, 5.41) is 2.83. The largest absolute Gasteiger partial charge is 0.477 e. The number of carbonyl (C=O) groups excluding carboxylic acids is 1.